The first-order chi connectivity index (χ1) is 10.5. The fourth-order valence-electron chi connectivity index (χ4n) is 3.61. The summed E-state index contributed by atoms with van der Waals surface area (Å²) in [5.41, 5.74) is 4.75. The summed E-state index contributed by atoms with van der Waals surface area (Å²) in [6.45, 7) is 6.68. The van der Waals surface area contributed by atoms with Gasteiger partial charge in [0.05, 0.1) is 0 Å². The van der Waals surface area contributed by atoms with Crippen LogP contribution in [0.4, 0.5) is 0 Å². The third kappa shape index (κ3) is 1.94. The number of nitrogens with zero attached hydrogens (tertiary/aromatic N) is 2. The normalized spacial score (nSPS) is 19.0. The maximum absolute atomic E-state index is 5.76. The molecule has 2 heterocycles. The first kappa shape index (κ1) is 14.0. The van der Waals surface area contributed by atoms with Gasteiger partial charge in [0, 0.05) is 0 Å². The molecule has 3 nitrogen and oxygen atoms in total. The molecule has 22 heavy (non-hydrogen) atoms. The Hall–Kier alpha value is -1.64. The van der Waals surface area contributed by atoms with Crippen molar-refractivity contribution in [3.63, 3.8) is 0 Å². The summed E-state index contributed by atoms with van der Waals surface area (Å²) in [6, 6.07) is 8.73. The molecular weight excluding hydrogens is 337 g/mol. The fourth-order valence-corrected chi connectivity index (χ4v) is 6.03. The van der Waals surface area contributed by atoms with Crippen LogP contribution in [0.1, 0.15) is 37.2 Å². The zero-order valence-electron chi connectivity index (χ0n) is 13.1. The van der Waals surface area contributed by atoms with Gasteiger partial charge in [0.25, 0.3) is 0 Å². The predicted octanol–water partition coefficient (Wildman–Crippen LogP) is 3.39. The van der Waals surface area contributed by atoms with Gasteiger partial charge >= 0.3 is 136 Å². The summed E-state index contributed by atoms with van der Waals surface area (Å²) in [7, 11) is 0. The summed E-state index contributed by atoms with van der Waals surface area (Å²) >= 11 is 0.338. The number of fused-ring (bicyclic) bond motifs is 5. The van der Waals surface area contributed by atoms with E-state index in [1.807, 2.05) is 0 Å². The SMILES string of the molecule is Cc1nc2c(c3c1[se]c1ccccc13)/C(=N/N)CC(C)(C)C2. The Kier molecular flexibility index (Phi) is 2.97. The van der Waals surface area contributed by atoms with Crippen LogP contribution < -0.4 is 5.84 Å². The second kappa shape index (κ2) is 4.68. The van der Waals surface area contributed by atoms with Gasteiger partial charge in [-0.1, -0.05) is 0 Å². The van der Waals surface area contributed by atoms with Crippen molar-refractivity contribution in [2.75, 3.05) is 0 Å². The fraction of sp³-hybridized carbons (Fsp3) is 0.333. The average molecular weight is 356 g/mol. The van der Waals surface area contributed by atoms with Crippen LogP contribution in [0.2, 0.25) is 0 Å². The van der Waals surface area contributed by atoms with E-state index in [0.717, 1.165) is 18.6 Å². The average Bonchev–Trinajstić information content (AvgIpc) is 2.85. The number of nitrogens with two attached hydrogens (primary N) is 1. The van der Waals surface area contributed by atoms with E-state index < -0.39 is 0 Å². The Morgan fingerprint density at radius 2 is 2.00 bits per heavy atom. The molecule has 1 aliphatic carbocycles. The monoisotopic (exact) mass is 357 g/mol. The number of hydrogen-bond acceptors (Lipinski definition) is 3. The number of hydrazone groups is 1. The number of pyridine rings is 1. The third-order valence-electron chi connectivity index (χ3n) is 4.50. The van der Waals surface area contributed by atoms with Gasteiger partial charge in [-0.2, -0.15) is 0 Å². The predicted molar refractivity (Wildman–Crippen MR) is 93.8 cm³/mol. The molecule has 0 aliphatic heterocycles. The van der Waals surface area contributed by atoms with Crippen LogP contribution in [-0.4, -0.2) is 25.2 Å². The molecule has 1 aliphatic rings. The minimum absolute atomic E-state index is 0.169. The van der Waals surface area contributed by atoms with Crippen molar-refractivity contribution in [3.8, 4) is 0 Å². The van der Waals surface area contributed by atoms with Gasteiger partial charge in [0.15, 0.2) is 0 Å². The molecule has 0 amide bonds. The van der Waals surface area contributed by atoms with Gasteiger partial charge in [-0.05, 0) is 0 Å². The van der Waals surface area contributed by atoms with E-state index in [1.54, 1.807) is 0 Å². The Labute approximate surface area is 136 Å². The number of hydrogen-bond donors (Lipinski definition) is 1. The summed E-state index contributed by atoms with van der Waals surface area (Å²) in [4.78, 5) is 4.94. The number of aryl methyl sites for hydroxylation is 1. The quantitative estimate of drug-likeness (QED) is 0.381. The molecule has 0 bridgehead atoms. The van der Waals surface area contributed by atoms with Crippen LogP contribution >= 0.6 is 0 Å². The van der Waals surface area contributed by atoms with Gasteiger partial charge in [-0.15, -0.1) is 0 Å². The molecule has 0 atom stereocenters. The molecule has 0 spiro atoms. The van der Waals surface area contributed by atoms with Crippen LogP contribution in [-0.2, 0) is 6.42 Å². The Bertz CT molecular complexity index is 934. The molecule has 0 saturated carbocycles. The topological polar surface area (TPSA) is 51.3 Å². The number of rotatable bonds is 0. The van der Waals surface area contributed by atoms with E-state index in [-0.39, 0.29) is 5.41 Å². The zero-order chi connectivity index (χ0) is 15.5. The number of aromatic nitrogens is 1. The van der Waals surface area contributed by atoms with Crippen LogP contribution in [0.5, 0.6) is 0 Å². The summed E-state index contributed by atoms with van der Waals surface area (Å²) < 4.78 is 2.86. The summed E-state index contributed by atoms with van der Waals surface area (Å²) in [5.74, 6) is 5.76. The van der Waals surface area contributed by atoms with Crippen LogP contribution in [0.15, 0.2) is 29.4 Å². The Balaban J connectivity index is 2.19. The molecule has 4 heteroatoms. The molecule has 0 unspecified atom stereocenters. The first-order valence-corrected chi connectivity index (χ1v) is 9.29. The van der Waals surface area contributed by atoms with Crippen molar-refractivity contribution in [2.24, 2.45) is 16.4 Å². The van der Waals surface area contributed by atoms with Crippen molar-refractivity contribution in [3.05, 3.63) is 41.2 Å². The molecule has 1 aromatic carbocycles. The van der Waals surface area contributed by atoms with Crippen LogP contribution in [0.3, 0.4) is 0 Å². The van der Waals surface area contributed by atoms with E-state index >= 15 is 0 Å². The van der Waals surface area contributed by atoms with Gasteiger partial charge < -0.3 is 0 Å². The molecule has 4 rings (SSSR count). The van der Waals surface area contributed by atoms with E-state index in [2.05, 4.69) is 50.1 Å². The molecule has 112 valence electrons. The van der Waals surface area contributed by atoms with E-state index in [1.165, 1.54) is 36.2 Å². The molecule has 2 aromatic heterocycles. The van der Waals surface area contributed by atoms with Gasteiger partial charge in [-0.3, -0.25) is 0 Å². The number of benzene rings is 1. The summed E-state index contributed by atoms with van der Waals surface area (Å²) in [6.07, 6.45) is 1.91. The Morgan fingerprint density at radius 3 is 2.77 bits per heavy atom. The molecule has 3 aromatic rings. The van der Waals surface area contributed by atoms with Crippen LogP contribution in [0.25, 0.3) is 19.3 Å². The van der Waals surface area contributed by atoms with Crippen molar-refractivity contribution in [2.45, 2.75) is 33.6 Å². The third-order valence-corrected chi connectivity index (χ3v) is 7.19. The maximum atomic E-state index is 5.76. The Morgan fingerprint density at radius 1 is 1.23 bits per heavy atom. The van der Waals surface area contributed by atoms with Crippen LogP contribution in [0, 0.1) is 12.3 Å². The van der Waals surface area contributed by atoms with Crippen molar-refractivity contribution in [1.82, 2.24) is 4.98 Å². The second-order valence-corrected chi connectivity index (χ2v) is 9.12. The van der Waals surface area contributed by atoms with Crippen molar-refractivity contribution < 1.29 is 0 Å². The van der Waals surface area contributed by atoms with Crippen molar-refractivity contribution in [1.29, 1.82) is 0 Å². The molecule has 0 saturated heterocycles. The molecule has 0 fully saturated rings. The second-order valence-electron chi connectivity index (χ2n) is 6.91. The molecule has 2 N–H and O–H groups in total. The van der Waals surface area contributed by atoms with E-state index in [9.17, 15) is 0 Å². The molecular formula is C18H19N3Se. The van der Waals surface area contributed by atoms with Gasteiger partial charge in [-0.25, -0.2) is 0 Å². The van der Waals surface area contributed by atoms with Crippen molar-refractivity contribution >= 4 is 39.5 Å². The zero-order valence-corrected chi connectivity index (χ0v) is 14.8. The first-order valence-electron chi connectivity index (χ1n) is 7.58. The van der Waals surface area contributed by atoms with Gasteiger partial charge in [0.2, 0.25) is 0 Å². The molecule has 0 radical (unpaired) electrons. The standard InChI is InChI=1S/C18H19N3Se/c1-10-17-15(11-6-4-5-7-14(11)22-17)16-12(20-10)8-18(2,3)9-13(16)21-19/h4-7H,8-9,19H2,1-3H3/b21-13+. The summed E-state index contributed by atoms with van der Waals surface area (Å²) in [5, 5.41) is 6.87. The minimum atomic E-state index is 0.169. The van der Waals surface area contributed by atoms with E-state index in [0.29, 0.717) is 14.5 Å². The van der Waals surface area contributed by atoms with Gasteiger partial charge in [0.1, 0.15) is 0 Å². The van der Waals surface area contributed by atoms with E-state index in [4.69, 9.17) is 10.8 Å².